The van der Waals surface area contributed by atoms with Crippen LogP contribution in [0.2, 0.25) is 5.02 Å². The maximum atomic E-state index is 13.8. The predicted octanol–water partition coefficient (Wildman–Crippen LogP) is 4.02. The molecule has 37 heavy (non-hydrogen) atoms. The SMILES string of the molecule is CCNC(=O)[C@H](Cc1ccccc1)N(Cc1ccccc1Cl)C(=O)CN(c1ccc(F)cc1)S(C)(=O)=O. The van der Waals surface area contributed by atoms with Gasteiger partial charge in [-0.1, -0.05) is 60.1 Å². The summed E-state index contributed by atoms with van der Waals surface area (Å²) in [6, 6.07) is 20.0. The molecule has 1 atom stereocenters. The van der Waals surface area contributed by atoms with E-state index in [0.29, 0.717) is 17.1 Å². The molecule has 7 nitrogen and oxygen atoms in total. The van der Waals surface area contributed by atoms with Gasteiger partial charge in [-0.05, 0) is 48.4 Å². The minimum Gasteiger partial charge on any atom is -0.355 e. The summed E-state index contributed by atoms with van der Waals surface area (Å²) in [5, 5.41) is 3.19. The molecule has 1 N–H and O–H groups in total. The van der Waals surface area contributed by atoms with Crippen LogP contribution in [0.4, 0.5) is 10.1 Å². The third kappa shape index (κ3) is 7.77. The van der Waals surface area contributed by atoms with Gasteiger partial charge in [-0.15, -0.1) is 0 Å². The molecule has 0 aliphatic carbocycles. The number of amides is 2. The standard InChI is InChI=1S/C27H29ClFN3O4S/c1-3-30-27(34)25(17-20-9-5-4-6-10-20)31(18-21-11-7-8-12-24(21)28)26(33)19-32(37(2,35)36)23-15-13-22(29)14-16-23/h4-16,25H,3,17-19H2,1-2H3,(H,30,34)/t25-/m0/s1. The lowest BCUT2D eigenvalue weighted by molar-refractivity contribution is -0.140. The summed E-state index contributed by atoms with van der Waals surface area (Å²) in [6.07, 6.45) is 1.17. The molecule has 0 fully saturated rings. The number of sulfonamides is 1. The first-order valence-corrected chi connectivity index (χ1v) is 13.9. The van der Waals surface area contributed by atoms with Crippen molar-refractivity contribution in [1.29, 1.82) is 0 Å². The number of rotatable bonds is 11. The smallest absolute Gasteiger partial charge is 0.244 e. The number of likely N-dealkylation sites (N-methyl/N-ethyl adjacent to an activating group) is 1. The number of nitrogens with one attached hydrogen (secondary N) is 1. The average molecular weight is 546 g/mol. The summed E-state index contributed by atoms with van der Waals surface area (Å²) < 4.78 is 39.7. The molecule has 0 aliphatic heterocycles. The van der Waals surface area contributed by atoms with Gasteiger partial charge in [0, 0.05) is 24.5 Å². The molecular weight excluding hydrogens is 517 g/mol. The van der Waals surface area contributed by atoms with Crippen molar-refractivity contribution >= 4 is 39.1 Å². The largest absolute Gasteiger partial charge is 0.355 e. The average Bonchev–Trinajstić information content (AvgIpc) is 2.86. The van der Waals surface area contributed by atoms with Crippen LogP contribution in [0.5, 0.6) is 0 Å². The van der Waals surface area contributed by atoms with Gasteiger partial charge in [-0.25, -0.2) is 12.8 Å². The minimum atomic E-state index is -3.92. The molecule has 0 saturated heterocycles. The molecule has 0 heterocycles. The van der Waals surface area contributed by atoms with E-state index in [1.807, 2.05) is 30.3 Å². The minimum absolute atomic E-state index is 0.0197. The monoisotopic (exact) mass is 545 g/mol. The van der Waals surface area contributed by atoms with Crippen LogP contribution in [0.25, 0.3) is 0 Å². The molecule has 10 heteroatoms. The van der Waals surface area contributed by atoms with Crippen LogP contribution in [0, 0.1) is 5.82 Å². The molecule has 0 saturated carbocycles. The third-order valence-corrected chi connectivity index (χ3v) is 7.22. The van der Waals surface area contributed by atoms with Gasteiger partial charge in [0.25, 0.3) is 0 Å². The van der Waals surface area contributed by atoms with Crippen molar-refractivity contribution in [2.45, 2.75) is 25.9 Å². The maximum Gasteiger partial charge on any atom is 0.244 e. The zero-order valence-electron chi connectivity index (χ0n) is 20.6. The van der Waals surface area contributed by atoms with Crippen molar-refractivity contribution in [3.63, 3.8) is 0 Å². The lowest BCUT2D eigenvalue weighted by Gasteiger charge is -2.33. The molecule has 3 aromatic carbocycles. The molecule has 0 spiro atoms. The molecule has 0 bridgehead atoms. The molecule has 0 aliphatic rings. The molecule has 3 aromatic rings. The Labute approximate surface area is 221 Å². The van der Waals surface area contributed by atoms with E-state index < -0.39 is 34.3 Å². The van der Waals surface area contributed by atoms with E-state index >= 15 is 0 Å². The van der Waals surface area contributed by atoms with Crippen molar-refractivity contribution in [1.82, 2.24) is 10.2 Å². The van der Waals surface area contributed by atoms with Crippen molar-refractivity contribution in [3.8, 4) is 0 Å². The van der Waals surface area contributed by atoms with Crippen LogP contribution in [0.15, 0.2) is 78.9 Å². The first kappa shape index (κ1) is 28.1. The zero-order chi connectivity index (χ0) is 27.0. The number of hydrogen-bond donors (Lipinski definition) is 1. The number of halogens is 2. The van der Waals surface area contributed by atoms with Gasteiger partial charge in [-0.2, -0.15) is 0 Å². The number of anilines is 1. The van der Waals surface area contributed by atoms with Gasteiger partial charge >= 0.3 is 0 Å². The highest BCUT2D eigenvalue weighted by molar-refractivity contribution is 7.92. The maximum absolute atomic E-state index is 13.8. The summed E-state index contributed by atoms with van der Waals surface area (Å²) in [5.41, 5.74) is 1.56. The Balaban J connectivity index is 2.04. The Hall–Kier alpha value is -3.43. The fourth-order valence-corrected chi connectivity index (χ4v) is 4.92. The lowest BCUT2D eigenvalue weighted by atomic mass is 10.0. The zero-order valence-corrected chi connectivity index (χ0v) is 22.2. The normalized spacial score (nSPS) is 12.0. The van der Waals surface area contributed by atoms with E-state index in [2.05, 4.69) is 5.32 Å². The Kier molecular flexibility index (Phi) is 9.66. The van der Waals surface area contributed by atoms with Crippen LogP contribution in [-0.4, -0.2) is 50.5 Å². The Bertz CT molecular complexity index is 1320. The van der Waals surface area contributed by atoms with Gasteiger partial charge in [0.15, 0.2) is 0 Å². The van der Waals surface area contributed by atoms with E-state index in [9.17, 15) is 22.4 Å². The first-order chi connectivity index (χ1) is 17.6. The fourth-order valence-electron chi connectivity index (χ4n) is 3.88. The molecule has 0 radical (unpaired) electrons. The summed E-state index contributed by atoms with van der Waals surface area (Å²) in [6.45, 7) is 1.52. The molecular formula is C27H29ClFN3O4S. The van der Waals surface area contributed by atoms with Crippen molar-refractivity contribution < 1.29 is 22.4 Å². The van der Waals surface area contributed by atoms with Crippen LogP contribution in [0.3, 0.4) is 0 Å². The lowest BCUT2D eigenvalue weighted by Crippen LogP contribution is -2.53. The van der Waals surface area contributed by atoms with Gasteiger partial charge < -0.3 is 10.2 Å². The summed E-state index contributed by atoms with van der Waals surface area (Å²) in [4.78, 5) is 28.4. The topological polar surface area (TPSA) is 86.8 Å². The molecule has 0 unspecified atom stereocenters. The van der Waals surface area contributed by atoms with Gasteiger partial charge in [0.05, 0.1) is 11.9 Å². The van der Waals surface area contributed by atoms with E-state index in [-0.39, 0.29) is 24.6 Å². The molecule has 196 valence electrons. The van der Waals surface area contributed by atoms with Gasteiger partial charge in [0.1, 0.15) is 18.4 Å². The van der Waals surface area contributed by atoms with Crippen LogP contribution in [0.1, 0.15) is 18.1 Å². The highest BCUT2D eigenvalue weighted by Crippen LogP contribution is 2.23. The Morgan fingerprint density at radius 1 is 0.973 bits per heavy atom. The van der Waals surface area contributed by atoms with Crippen molar-refractivity contribution in [2.24, 2.45) is 0 Å². The second kappa shape index (κ2) is 12.7. The second-order valence-electron chi connectivity index (χ2n) is 8.46. The quantitative estimate of drug-likeness (QED) is 0.394. The van der Waals surface area contributed by atoms with Crippen molar-refractivity contribution in [2.75, 3.05) is 23.7 Å². The van der Waals surface area contributed by atoms with Gasteiger partial charge in [-0.3, -0.25) is 13.9 Å². The number of carbonyl (C=O) groups is 2. The Morgan fingerprint density at radius 3 is 2.19 bits per heavy atom. The highest BCUT2D eigenvalue weighted by atomic mass is 35.5. The highest BCUT2D eigenvalue weighted by Gasteiger charge is 2.33. The number of carbonyl (C=O) groups excluding carboxylic acids is 2. The fraction of sp³-hybridized carbons (Fsp3) is 0.259. The summed E-state index contributed by atoms with van der Waals surface area (Å²) in [7, 11) is -3.92. The first-order valence-electron chi connectivity index (χ1n) is 11.7. The van der Waals surface area contributed by atoms with E-state index in [0.717, 1.165) is 28.3 Å². The van der Waals surface area contributed by atoms with Crippen LogP contribution < -0.4 is 9.62 Å². The summed E-state index contributed by atoms with van der Waals surface area (Å²) >= 11 is 6.39. The second-order valence-corrected chi connectivity index (χ2v) is 10.8. The molecule has 0 aromatic heterocycles. The van der Waals surface area contributed by atoms with Gasteiger partial charge in [0.2, 0.25) is 21.8 Å². The number of hydrogen-bond acceptors (Lipinski definition) is 4. The van der Waals surface area contributed by atoms with E-state index in [1.165, 1.54) is 17.0 Å². The van der Waals surface area contributed by atoms with E-state index in [1.54, 1.807) is 31.2 Å². The molecule has 3 rings (SSSR count). The Morgan fingerprint density at radius 2 is 1.59 bits per heavy atom. The number of nitrogens with zero attached hydrogens (tertiary/aromatic N) is 2. The van der Waals surface area contributed by atoms with Crippen LogP contribution in [-0.2, 0) is 32.6 Å². The summed E-state index contributed by atoms with van der Waals surface area (Å²) in [5.74, 6) is -1.52. The number of benzene rings is 3. The molecule has 2 amide bonds. The van der Waals surface area contributed by atoms with Crippen molar-refractivity contribution in [3.05, 3.63) is 101 Å². The predicted molar refractivity (Wildman–Crippen MR) is 143 cm³/mol. The van der Waals surface area contributed by atoms with E-state index in [4.69, 9.17) is 11.6 Å². The van der Waals surface area contributed by atoms with Crippen LogP contribution >= 0.6 is 11.6 Å². The third-order valence-electron chi connectivity index (χ3n) is 5.71.